The Kier molecular flexibility index (Phi) is 7.49. The van der Waals surface area contributed by atoms with Gasteiger partial charge in [-0.2, -0.15) is 0 Å². The summed E-state index contributed by atoms with van der Waals surface area (Å²) in [5, 5.41) is 4.98. The van der Waals surface area contributed by atoms with Gasteiger partial charge in [0.1, 0.15) is 0 Å². The summed E-state index contributed by atoms with van der Waals surface area (Å²) in [7, 11) is 6.31. The predicted molar refractivity (Wildman–Crippen MR) is 121 cm³/mol. The molecular formula is C22H29N3O4S. The molecule has 0 spiro atoms. The van der Waals surface area contributed by atoms with E-state index < -0.39 is 0 Å². The summed E-state index contributed by atoms with van der Waals surface area (Å²) in [5.74, 6) is 1.37. The summed E-state index contributed by atoms with van der Waals surface area (Å²) in [6.45, 7) is 3.91. The molecule has 30 heavy (non-hydrogen) atoms. The Morgan fingerprint density at radius 3 is 2.43 bits per heavy atom. The highest BCUT2D eigenvalue weighted by molar-refractivity contribution is 7.80. The lowest BCUT2D eigenvalue weighted by atomic mass is 9.99. The maximum atomic E-state index is 5.78. The van der Waals surface area contributed by atoms with Gasteiger partial charge in [-0.05, 0) is 67.0 Å². The molecule has 0 fully saturated rings. The van der Waals surface area contributed by atoms with Crippen molar-refractivity contribution >= 4 is 28.7 Å². The Balaban J connectivity index is 2.19. The van der Waals surface area contributed by atoms with E-state index in [1.165, 1.54) is 30.6 Å². The highest BCUT2D eigenvalue weighted by Gasteiger charge is 2.26. The summed E-state index contributed by atoms with van der Waals surface area (Å²) in [6.07, 6.45) is 1.69. The van der Waals surface area contributed by atoms with E-state index in [0.717, 1.165) is 42.9 Å². The molecule has 2 aromatic rings. The molecule has 162 valence electrons. The summed E-state index contributed by atoms with van der Waals surface area (Å²) >= 11 is 5.78. The Bertz CT molecular complexity index is 902. The monoisotopic (exact) mass is 431 g/mol. The molecule has 7 nitrogen and oxygen atoms in total. The zero-order chi connectivity index (χ0) is 21.7. The van der Waals surface area contributed by atoms with Crippen molar-refractivity contribution in [2.75, 3.05) is 39.9 Å². The van der Waals surface area contributed by atoms with Crippen LogP contribution in [0.5, 0.6) is 11.5 Å². The van der Waals surface area contributed by atoms with Gasteiger partial charge in [-0.25, -0.2) is 9.68 Å². The van der Waals surface area contributed by atoms with Gasteiger partial charge in [0, 0.05) is 17.8 Å². The fourth-order valence-electron chi connectivity index (χ4n) is 3.80. The van der Waals surface area contributed by atoms with Crippen LogP contribution in [0.25, 0.3) is 0 Å². The van der Waals surface area contributed by atoms with E-state index in [1.54, 1.807) is 14.2 Å². The third kappa shape index (κ3) is 4.22. The van der Waals surface area contributed by atoms with E-state index in [4.69, 9.17) is 31.4 Å². The average molecular weight is 432 g/mol. The van der Waals surface area contributed by atoms with Crippen molar-refractivity contribution in [1.29, 1.82) is 0 Å². The first-order valence-electron chi connectivity index (χ1n) is 9.88. The number of hydroxylamine groups is 2. The van der Waals surface area contributed by atoms with E-state index >= 15 is 0 Å². The molecule has 0 saturated heterocycles. The van der Waals surface area contributed by atoms with Crippen LogP contribution in [-0.4, -0.2) is 45.3 Å². The van der Waals surface area contributed by atoms with Crippen LogP contribution >= 0.6 is 12.2 Å². The number of hydrogen-bond acceptors (Lipinski definition) is 6. The number of ether oxygens (including phenoxy) is 2. The predicted octanol–water partition coefficient (Wildman–Crippen LogP) is 3.76. The topological polar surface area (TPSA) is 55.4 Å². The van der Waals surface area contributed by atoms with Gasteiger partial charge in [-0.3, -0.25) is 4.90 Å². The highest BCUT2D eigenvalue weighted by Crippen LogP contribution is 2.41. The molecule has 0 bridgehead atoms. The zero-order valence-electron chi connectivity index (χ0n) is 18.2. The molecule has 0 radical (unpaired) electrons. The van der Waals surface area contributed by atoms with Gasteiger partial charge in [0.2, 0.25) is 5.11 Å². The zero-order valence-corrected chi connectivity index (χ0v) is 19.0. The quantitative estimate of drug-likeness (QED) is 0.525. The van der Waals surface area contributed by atoms with Crippen LogP contribution in [0.3, 0.4) is 0 Å². The minimum absolute atomic E-state index is 0.357. The molecule has 8 heteroatoms. The van der Waals surface area contributed by atoms with E-state index in [2.05, 4.69) is 30.4 Å². The summed E-state index contributed by atoms with van der Waals surface area (Å²) in [6, 6.07) is 10.3. The largest absolute Gasteiger partial charge is 0.493 e. The molecule has 1 N–H and O–H groups in total. The van der Waals surface area contributed by atoms with Gasteiger partial charge in [-0.1, -0.05) is 18.2 Å². The fraction of sp³-hybridized carbons (Fsp3) is 0.409. The van der Waals surface area contributed by atoms with E-state index in [1.807, 2.05) is 17.0 Å². The SMILES string of the molecule is CCc1c(N(C(=S)N(OC)OC)c2ccc3c(c2)CCNC3)ccc(OC)c1OC. The summed E-state index contributed by atoms with van der Waals surface area (Å²) < 4.78 is 11.2. The normalized spacial score (nSPS) is 12.8. The highest BCUT2D eigenvalue weighted by atomic mass is 32.1. The Morgan fingerprint density at radius 2 is 1.80 bits per heavy atom. The number of methoxy groups -OCH3 is 2. The average Bonchev–Trinajstić information content (AvgIpc) is 2.79. The van der Waals surface area contributed by atoms with Crippen LogP contribution in [0.15, 0.2) is 30.3 Å². The minimum Gasteiger partial charge on any atom is -0.493 e. The molecule has 0 unspecified atom stereocenters. The van der Waals surface area contributed by atoms with E-state index in [9.17, 15) is 0 Å². The Labute approximate surface area is 183 Å². The number of anilines is 2. The maximum absolute atomic E-state index is 5.78. The molecule has 0 saturated carbocycles. The van der Waals surface area contributed by atoms with Crippen LogP contribution in [0.2, 0.25) is 0 Å². The molecule has 2 aromatic carbocycles. The van der Waals surface area contributed by atoms with Crippen LogP contribution in [-0.2, 0) is 29.1 Å². The second-order valence-corrected chi connectivity index (χ2v) is 7.14. The van der Waals surface area contributed by atoms with E-state index in [-0.39, 0.29) is 0 Å². The van der Waals surface area contributed by atoms with Crippen molar-refractivity contribution in [2.45, 2.75) is 26.3 Å². The van der Waals surface area contributed by atoms with Crippen molar-refractivity contribution in [2.24, 2.45) is 0 Å². The van der Waals surface area contributed by atoms with Crippen LogP contribution in [0.1, 0.15) is 23.6 Å². The molecule has 1 heterocycles. The van der Waals surface area contributed by atoms with E-state index in [0.29, 0.717) is 16.6 Å². The molecule has 1 aliphatic rings. The third-order valence-electron chi connectivity index (χ3n) is 5.23. The molecule has 0 aliphatic carbocycles. The van der Waals surface area contributed by atoms with Gasteiger partial charge in [0.05, 0.1) is 34.1 Å². The minimum atomic E-state index is 0.357. The number of rotatable bonds is 7. The van der Waals surface area contributed by atoms with Gasteiger partial charge in [-0.15, -0.1) is 0 Å². The van der Waals surface area contributed by atoms with Crippen molar-refractivity contribution < 1.29 is 19.1 Å². The second kappa shape index (κ2) is 10.1. The molecule has 0 amide bonds. The number of nitrogens with one attached hydrogen (secondary N) is 1. The molecule has 0 atom stereocenters. The molecule has 1 aliphatic heterocycles. The Morgan fingerprint density at radius 1 is 1.03 bits per heavy atom. The fourth-order valence-corrected chi connectivity index (χ4v) is 4.15. The smallest absolute Gasteiger partial charge is 0.234 e. The lowest BCUT2D eigenvalue weighted by Crippen LogP contribution is -2.40. The molecule has 3 rings (SSSR count). The van der Waals surface area contributed by atoms with Crippen molar-refractivity contribution in [3.63, 3.8) is 0 Å². The first kappa shape index (κ1) is 22.3. The lowest BCUT2D eigenvalue weighted by Gasteiger charge is -2.33. The number of fused-ring (bicyclic) bond motifs is 1. The summed E-state index contributed by atoms with van der Waals surface area (Å²) in [5.41, 5.74) is 5.40. The summed E-state index contributed by atoms with van der Waals surface area (Å²) in [4.78, 5) is 12.6. The number of hydrogen-bond donors (Lipinski definition) is 1. The second-order valence-electron chi connectivity index (χ2n) is 6.77. The Hall–Kier alpha value is -2.39. The van der Waals surface area contributed by atoms with Crippen LogP contribution in [0.4, 0.5) is 11.4 Å². The maximum Gasteiger partial charge on any atom is 0.234 e. The lowest BCUT2D eigenvalue weighted by molar-refractivity contribution is -0.285. The van der Waals surface area contributed by atoms with Crippen molar-refractivity contribution in [3.8, 4) is 11.5 Å². The van der Waals surface area contributed by atoms with Crippen molar-refractivity contribution in [1.82, 2.24) is 10.5 Å². The molecule has 0 aromatic heterocycles. The third-order valence-corrected chi connectivity index (χ3v) is 5.56. The first-order valence-corrected chi connectivity index (χ1v) is 10.3. The van der Waals surface area contributed by atoms with Gasteiger partial charge >= 0.3 is 0 Å². The van der Waals surface area contributed by atoms with Gasteiger partial charge in [0.15, 0.2) is 11.5 Å². The van der Waals surface area contributed by atoms with Gasteiger partial charge < -0.3 is 14.8 Å². The number of benzene rings is 2. The van der Waals surface area contributed by atoms with Crippen molar-refractivity contribution in [3.05, 3.63) is 47.0 Å². The standard InChI is InChI=1S/C22H29N3O4S/c1-6-18-19(9-10-20(26-2)21(18)27-3)24(22(30)25(28-4)29-5)17-8-7-16-14-23-12-11-15(16)13-17/h7-10,13,23H,6,11-12,14H2,1-5H3. The number of thiocarbonyl (C=S) groups is 1. The first-order chi connectivity index (χ1) is 14.6. The molecular weight excluding hydrogens is 402 g/mol. The van der Waals surface area contributed by atoms with Crippen LogP contribution in [0, 0.1) is 0 Å². The van der Waals surface area contributed by atoms with Gasteiger partial charge in [0.25, 0.3) is 0 Å². The van der Waals surface area contributed by atoms with Crippen LogP contribution < -0.4 is 19.7 Å². The number of nitrogens with zero attached hydrogens (tertiary/aromatic N) is 2.